The normalized spacial score (nSPS) is 24.6. The number of amides is 1. The molecule has 55 heavy (non-hydrogen) atoms. The van der Waals surface area contributed by atoms with Gasteiger partial charge in [-0.2, -0.15) is 0 Å². The van der Waals surface area contributed by atoms with Crippen LogP contribution in [0.4, 0.5) is 4.79 Å². The summed E-state index contributed by atoms with van der Waals surface area (Å²) in [5, 5.41) is 33.7. The Morgan fingerprint density at radius 3 is 2.60 bits per heavy atom. The molecule has 2 aromatic rings. The number of hydrogen-bond acceptors (Lipinski definition) is 12. The van der Waals surface area contributed by atoms with Crippen LogP contribution in [0.15, 0.2) is 65.9 Å². The summed E-state index contributed by atoms with van der Waals surface area (Å²) in [4.78, 5) is 25.8. The lowest BCUT2D eigenvalue weighted by Gasteiger charge is -2.59. The molecule has 302 valence electrons. The zero-order valence-electron chi connectivity index (χ0n) is 32.6. The number of unbranched alkanes of at least 4 members (excludes halogenated alkanes) is 2. The fourth-order valence-corrected chi connectivity index (χ4v) is 8.54. The third-order valence-electron chi connectivity index (χ3n) is 10.8. The quantitative estimate of drug-likeness (QED) is 0.0767. The molecule has 1 aromatic carbocycles. The number of allylic oxidation sites excluding steroid dienone is 1. The van der Waals surface area contributed by atoms with Crippen molar-refractivity contribution in [1.29, 1.82) is 0 Å². The molecule has 1 aromatic heterocycles. The first kappa shape index (κ1) is 42.1. The maximum atomic E-state index is 13.8. The second-order valence-corrected chi connectivity index (χ2v) is 14.2. The maximum absolute atomic E-state index is 13.8. The molecule has 0 unspecified atom stereocenters. The van der Waals surface area contributed by atoms with E-state index in [4.69, 9.17) is 33.7 Å². The zero-order chi connectivity index (χ0) is 39.2. The molecular formula is C42H59N3O10. The summed E-state index contributed by atoms with van der Waals surface area (Å²) in [7, 11) is 1.34. The summed E-state index contributed by atoms with van der Waals surface area (Å²) in [5.41, 5.74) is 4.31. The molecule has 5 rings (SSSR count). The van der Waals surface area contributed by atoms with Crippen molar-refractivity contribution in [3.63, 3.8) is 0 Å². The Bertz CT molecular complexity index is 1620. The molecule has 1 saturated carbocycles. The number of oxime groups is 1. The minimum absolute atomic E-state index is 0.0635. The lowest BCUT2D eigenvalue weighted by Crippen LogP contribution is -2.70. The number of hydrogen-bond donors (Lipinski definition) is 3. The monoisotopic (exact) mass is 765 g/mol. The molecule has 0 bridgehead atoms. The number of aryl methyl sites for hydroxylation is 1. The van der Waals surface area contributed by atoms with Crippen LogP contribution < -0.4 is 9.47 Å². The molecule has 13 heteroatoms. The van der Waals surface area contributed by atoms with Gasteiger partial charge in [-0.3, -0.25) is 9.88 Å². The van der Waals surface area contributed by atoms with Crippen LogP contribution in [0.3, 0.4) is 0 Å². The summed E-state index contributed by atoms with van der Waals surface area (Å²) in [5.74, 6) is -0.651. The minimum Gasteiger partial charge on any atom is -0.487 e. The topological polar surface area (TPSA) is 162 Å². The van der Waals surface area contributed by atoms with Gasteiger partial charge in [0.1, 0.15) is 30.8 Å². The van der Waals surface area contributed by atoms with Crippen molar-refractivity contribution in [1.82, 2.24) is 9.88 Å². The van der Waals surface area contributed by atoms with Crippen molar-refractivity contribution in [2.24, 2.45) is 22.9 Å². The predicted octanol–water partition coefficient (Wildman–Crippen LogP) is 5.70. The molecule has 1 fully saturated rings. The third kappa shape index (κ3) is 9.87. The SMILES string of the molecule is C=CCO[C@@]12Oc3ccc(OCc4cccc(C)n4)cc3[C@H]3[C@H](CCCCO)[C@@H](CCCCO)C=C(C(=NOCC)C[C@@H]1N(CCOCCO)C(=O)OC)[C@H]32. The minimum atomic E-state index is -1.42. The lowest BCUT2D eigenvalue weighted by molar-refractivity contribution is -0.255. The first-order valence-corrected chi connectivity index (χ1v) is 19.6. The summed E-state index contributed by atoms with van der Waals surface area (Å²) in [6.45, 7) is 9.02. The van der Waals surface area contributed by atoms with Crippen molar-refractivity contribution in [3.8, 4) is 11.5 Å². The van der Waals surface area contributed by atoms with Crippen molar-refractivity contribution < 1.29 is 48.6 Å². The molecule has 0 radical (unpaired) electrons. The molecule has 3 N–H and O–H groups in total. The Hall–Kier alpha value is -4.01. The molecule has 0 saturated heterocycles. The Morgan fingerprint density at radius 1 is 1.09 bits per heavy atom. The van der Waals surface area contributed by atoms with E-state index in [0.717, 1.165) is 48.2 Å². The maximum Gasteiger partial charge on any atom is 0.410 e. The van der Waals surface area contributed by atoms with Gasteiger partial charge in [-0.1, -0.05) is 36.2 Å². The fourth-order valence-electron chi connectivity index (χ4n) is 8.54. The van der Waals surface area contributed by atoms with Crippen LogP contribution >= 0.6 is 0 Å². The molecule has 0 spiro atoms. The molecular weight excluding hydrogens is 706 g/mol. The zero-order valence-corrected chi connectivity index (χ0v) is 32.6. The number of aliphatic hydroxyl groups excluding tert-OH is 3. The van der Waals surface area contributed by atoms with E-state index < -0.39 is 23.8 Å². The number of aliphatic hydroxyl groups is 3. The third-order valence-corrected chi connectivity index (χ3v) is 10.8. The number of ether oxygens (including phenoxy) is 5. The molecule has 2 aliphatic carbocycles. The van der Waals surface area contributed by atoms with Gasteiger partial charge in [0.2, 0.25) is 5.79 Å². The smallest absolute Gasteiger partial charge is 0.410 e. The van der Waals surface area contributed by atoms with E-state index >= 15 is 0 Å². The van der Waals surface area contributed by atoms with Crippen LogP contribution in [-0.4, -0.2) is 109 Å². The first-order chi connectivity index (χ1) is 26.8. The molecule has 3 aliphatic rings. The number of fused-ring (bicyclic) bond motifs is 2. The Labute approximate surface area is 324 Å². The standard InChI is InChI=1S/C42H59N3O10/c1-5-22-53-42-38(45(41(49)50-4)18-23-51-24-21-48)27-36(44-54-6-2)34-25-30(13-7-9-19-46)33(15-8-10-20-47)39(40(34)42)35-26-32(16-17-37(35)55-42)52-28-31-14-11-12-29(3)43-31/h5,11-12,14,16-17,25-26,30,33,38-40,46-48H,1,6-10,13,15,18-24,27-28H2,2-4H3/t30-,33+,38-,39+,40+,42+/m0/s1. The highest BCUT2D eigenvalue weighted by atomic mass is 16.7. The predicted molar refractivity (Wildman–Crippen MR) is 207 cm³/mol. The van der Waals surface area contributed by atoms with E-state index in [1.807, 2.05) is 44.2 Å². The Morgan fingerprint density at radius 2 is 1.89 bits per heavy atom. The van der Waals surface area contributed by atoms with Crippen molar-refractivity contribution in [2.45, 2.75) is 83.1 Å². The number of methoxy groups -OCH3 is 1. The summed E-state index contributed by atoms with van der Waals surface area (Å²) in [6.07, 6.45) is 8.25. The van der Waals surface area contributed by atoms with Gasteiger partial charge in [-0.25, -0.2) is 4.79 Å². The number of rotatable bonds is 22. The van der Waals surface area contributed by atoms with Gasteiger partial charge in [0.25, 0.3) is 0 Å². The van der Waals surface area contributed by atoms with Crippen LogP contribution in [0.1, 0.15) is 74.7 Å². The van der Waals surface area contributed by atoms with E-state index in [1.165, 1.54) is 7.11 Å². The van der Waals surface area contributed by atoms with E-state index in [1.54, 1.807) is 11.0 Å². The molecule has 13 nitrogen and oxygen atoms in total. The van der Waals surface area contributed by atoms with Gasteiger partial charge in [0.05, 0.1) is 50.9 Å². The number of carbonyl (C=O) groups excluding carboxylic acids is 1. The summed E-state index contributed by atoms with van der Waals surface area (Å²) < 4.78 is 31.5. The number of aromatic nitrogens is 1. The average Bonchev–Trinajstić information content (AvgIpc) is 3.19. The molecule has 6 atom stereocenters. The van der Waals surface area contributed by atoms with Gasteiger partial charge < -0.3 is 43.8 Å². The lowest BCUT2D eigenvalue weighted by atomic mass is 9.55. The van der Waals surface area contributed by atoms with Crippen molar-refractivity contribution >= 4 is 11.8 Å². The van der Waals surface area contributed by atoms with Gasteiger partial charge in [-0.05, 0) is 87.3 Å². The van der Waals surface area contributed by atoms with Crippen LogP contribution in [0.5, 0.6) is 11.5 Å². The fraction of sp³-hybridized carbons (Fsp3) is 0.595. The average molecular weight is 766 g/mol. The molecule has 2 heterocycles. The summed E-state index contributed by atoms with van der Waals surface area (Å²) in [6, 6.07) is 11.0. The molecule has 1 aliphatic heterocycles. The van der Waals surface area contributed by atoms with E-state index in [9.17, 15) is 20.1 Å². The Balaban J connectivity index is 1.72. The highest BCUT2D eigenvalue weighted by Gasteiger charge is 2.65. The second-order valence-electron chi connectivity index (χ2n) is 14.2. The van der Waals surface area contributed by atoms with Crippen LogP contribution in [-0.2, 0) is 25.7 Å². The largest absolute Gasteiger partial charge is 0.487 e. The van der Waals surface area contributed by atoms with Gasteiger partial charge in [0.15, 0.2) is 0 Å². The van der Waals surface area contributed by atoms with Crippen molar-refractivity contribution in [2.75, 3.05) is 59.9 Å². The van der Waals surface area contributed by atoms with E-state index in [2.05, 4.69) is 23.7 Å². The number of benzene rings is 1. The number of pyridine rings is 1. The highest BCUT2D eigenvalue weighted by Crippen LogP contribution is 2.62. The van der Waals surface area contributed by atoms with Crippen LogP contribution in [0.2, 0.25) is 0 Å². The second kappa shape index (κ2) is 20.8. The highest BCUT2D eigenvalue weighted by molar-refractivity contribution is 6.02. The van der Waals surface area contributed by atoms with Crippen LogP contribution in [0.25, 0.3) is 0 Å². The Kier molecular flexibility index (Phi) is 15.9. The van der Waals surface area contributed by atoms with E-state index in [-0.39, 0.29) is 77.0 Å². The van der Waals surface area contributed by atoms with Gasteiger partial charge >= 0.3 is 6.09 Å². The van der Waals surface area contributed by atoms with E-state index in [0.29, 0.717) is 36.7 Å². The van der Waals surface area contributed by atoms with Gasteiger partial charge in [0, 0.05) is 43.4 Å². The number of carbonyl (C=O) groups is 1. The van der Waals surface area contributed by atoms with Crippen molar-refractivity contribution in [3.05, 3.63) is 77.7 Å². The first-order valence-electron chi connectivity index (χ1n) is 19.6. The number of nitrogens with zero attached hydrogens (tertiary/aromatic N) is 3. The van der Waals surface area contributed by atoms with Gasteiger partial charge in [-0.15, -0.1) is 6.58 Å². The summed E-state index contributed by atoms with van der Waals surface area (Å²) >= 11 is 0. The molecule has 1 amide bonds. The van der Waals surface area contributed by atoms with Crippen LogP contribution in [0, 0.1) is 24.7 Å².